The minimum atomic E-state index is -3.10. The Bertz CT molecular complexity index is 216. The second-order valence-corrected chi connectivity index (χ2v) is 5.42. The fourth-order valence-electron chi connectivity index (χ4n) is 1.10. The molecule has 0 saturated carbocycles. The molecule has 0 bridgehead atoms. The highest BCUT2D eigenvalue weighted by atomic mass is 35.5. The number of halogens is 1. The van der Waals surface area contributed by atoms with E-state index in [1.165, 1.54) is 0 Å². The van der Waals surface area contributed by atoms with Crippen LogP contribution in [0.15, 0.2) is 0 Å². The van der Waals surface area contributed by atoms with E-state index in [1.807, 2.05) is 13.8 Å². The Labute approximate surface area is 85.9 Å². The highest BCUT2D eigenvalue weighted by molar-refractivity contribution is 7.89. The van der Waals surface area contributed by atoms with E-state index in [2.05, 4.69) is 4.72 Å². The molecule has 0 aliphatic heterocycles. The average Bonchev–Trinajstić information content (AvgIpc) is 2.00. The topological polar surface area (TPSA) is 46.2 Å². The monoisotopic (exact) mass is 227 g/mol. The third-order valence-corrected chi connectivity index (χ3v) is 3.50. The van der Waals surface area contributed by atoms with Gasteiger partial charge in [0, 0.05) is 11.9 Å². The Morgan fingerprint density at radius 3 is 2.54 bits per heavy atom. The first-order chi connectivity index (χ1) is 6.02. The Morgan fingerprint density at radius 2 is 2.08 bits per heavy atom. The van der Waals surface area contributed by atoms with Crippen LogP contribution in [0.1, 0.15) is 33.1 Å². The van der Waals surface area contributed by atoms with Crippen molar-refractivity contribution in [2.24, 2.45) is 0 Å². The molecule has 0 amide bonds. The van der Waals surface area contributed by atoms with Gasteiger partial charge in [0.2, 0.25) is 10.0 Å². The summed E-state index contributed by atoms with van der Waals surface area (Å²) in [6.07, 6.45) is 2.37. The summed E-state index contributed by atoms with van der Waals surface area (Å²) in [5.74, 6) is 0.521. The van der Waals surface area contributed by atoms with Crippen molar-refractivity contribution in [2.75, 3.05) is 11.6 Å². The molecule has 3 nitrogen and oxygen atoms in total. The summed E-state index contributed by atoms with van der Waals surface area (Å²) in [5, 5.41) is 0. The van der Waals surface area contributed by atoms with E-state index in [9.17, 15) is 8.42 Å². The van der Waals surface area contributed by atoms with Crippen LogP contribution in [0.25, 0.3) is 0 Å². The minimum Gasteiger partial charge on any atom is -0.212 e. The Hall–Kier alpha value is 0.200. The number of rotatable bonds is 7. The van der Waals surface area contributed by atoms with E-state index in [4.69, 9.17) is 11.6 Å². The van der Waals surface area contributed by atoms with Crippen molar-refractivity contribution < 1.29 is 8.42 Å². The molecule has 0 saturated heterocycles. The average molecular weight is 228 g/mol. The second kappa shape index (κ2) is 6.62. The molecule has 80 valence electrons. The lowest BCUT2D eigenvalue weighted by Crippen LogP contribution is -2.34. The number of hydrogen-bond acceptors (Lipinski definition) is 2. The van der Waals surface area contributed by atoms with Gasteiger partial charge in [-0.1, -0.05) is 13.3 Å². The SMILES string of the molecule is CCCC(C)NS(=O)(=O)CCCCl. The van der Waals surface area contributed by atoms with Crippen LogP contribution in [0.2, 0.25) is 0 Å². The van der Waals surface area contributed by atoms with Gasteiger partial charge >= 0.3 is 0 Å². The van der Waals surface area contributed by atoms with Crippen molar-refractivity contribution in [3.05, 3.63) is 0 Å². The highest BCUT2D eigenvalue weighted by Crippen LogP contribution is 1.99. The third-order valence-electron chi connectivity index (χ3n) is 1.65. The Kier molecular flexibility index (Phi) is 6.73. The smallest absolute Gasteiger partial charge is 0.211 e. The highest BCUT2D eigenvalue weighted by Gasteiger charge is 2.12. The molecule has 5 heteroatoms. The zero-order valence-corrected chi connectivity index (χ0v) is 9.79. The Balaban J connectivity index is 3.87. The molecule has 0 aliphatic carbocycles. The maximum atomic E-state index is 11.3. The molecule has 0 heterocycles. The van der Waals surface area contributed by atoms with Crippen LogP contribution in [-0.2, 0) is 10.0 Å². The predicted molar refractivity (Wildman–Crippen MR) is 56.6 cm³/mol. The van der Waals surface area contributed by atoms with Crippen LogP contribution >= 0.6 is 11.6 Å². The number of hydrogen-bond donors (Lipinski definition) is 1. The largest absolute Gasteiger partial charge is 0.212 e. The first kappa shape index (κ1) is 13.2. The normalized spacial score (nSPS) is 14.4. The fourth-order valence-corrected chi connectivity index (χ4v) is 2.77. The van der Waals surface area contributed by atoms with E-state index in [0.29, 0.717) is 12.3 Å². The summed E-state index contributed by atoms with van der Waals surface area (Å²) in [6.45, 7) is 3.91. The number of alkyl halides is 1. The van der Waals surface area contributed by atoms with Gasteiger partial charge in [0.05, 0.1) is 5.75 Å². The van der Waals surface area contributed by atoms with Crippen molar-refractivity contribution in [1.29, 1.82) is 0 Å². The minimum absolute atomic E-state index is 0.0327. The molecule has 0 radical (unpaired) electrons. The van der Waals surface area contributed by atoms with E-state index >= 15 is 0 Å². The molecular weight excluding hydrogens is 210 g/mol. The third kappa shape index (κ3) is 7.28. The molecule has 0 aromatic rings. The van der Waals surface area contributed by atoms with Crippen LogP contribution < -0.4 is 4.72 Å². The molecule has 1 atom stereocenters. The van der Waals surface area contributed by atoms with Gasteiger partial charge < -0.3 is 0 Å². The zero-order valence-electron chi connectivity index (χ0n) is 8.22. The van der Waals surface area contributed by atoms with Crippen LogP contribution in [0.5, 0.6) is 0 Å². The van der Waals surface area contributed by atoms with Gasteiger partial charge in [0.15, 0.2) is 0 Å². The van der Waals surface area contributed by atoms with Gasteiger partial charge in [-0.05, 0) is 19.8 Å². The Morgan fingerprint density at radius 1 is 1.46 bits per heavy atom. The predicted octanol–water partition coefficient (Wildman–Crippen LogP) is 1.72. The molecule has 0 rings (SSSR count). The summed E-state index contributed by atoms with van der Waals surface area (Å²) in [7, 11) is -3.10. The molecule has 13 heavy (non-hydrogen) atoms. The number of nitrogens with one attached hydrogen (secondary N) is 1. The van der Waals surface area contributed by atoms with E-state index in [-0.39, 0.29) is 11.8 Å². The van der Waals surface area contributed by atoms with Crippen LogP contribution in [-0.4, -0.2) is 26.1 Å². The maximum absolute atomic E-state index is 11.3. The zero-order chi connectivity index (χ0) is 10.3. The van der Waals surface area contributed by atoms with E-state index in [1.54, 1.807) is 0 Å². The maximum Gasteiger partial charge on any atom is 0.211 e. The molecular formula is C8H18ClNO2S. The van der Waals surface area contributed by atoms with Gasteiger partial charge in [-0.25, -0.2) is 13.1 Å². The summed E-state index contributed by atoms with van der Waals surface area (Å²) in [6, 6.07) is 0.0327. The summed E-state index contributed by atoms with van der Waals surface area (Å²) in [5.41, 5.74) is 0. The summed E-state index contributed by atoms with van der Waals surface area (Å²) in [4.78, 5) is 0. The van der Waals surface area contributed by atoms with Gasteiger partial charge in [-0.3, -0.25) is 0 Å². The molecule has 0 aliphatic rings. The quantitative estimate of drug-likeness (QED) is 0.674. The summed E-state index contributed by atoms with van der Waals surface area (Å²) >= 11 is 5.41. The lowest BCUT2D eigenvalue weighted by Gasteiger charge is -2.12. The lowest BCUT2D eigenvalue weighted by atomic mass is 10.2. The van der Waals surface area contributed by atoms with Crippen LogP contribution in [0, 0.1) is 0 Å². The molecule has 1 unspecified atom stereocenters. The first-order valence-electron chi connectivity index (χ1n) is 4.57. The van der Waals surface area contributed by atoms with Gasteiger partial charge in [-0.2, -0.15) is 0 Å². The molecule has 0 spiro atoms. The first-order valence-corrected chi connectivity index (χ1v) is 6.76. The molecule has 1 N–H and O–H groups in total. The molecule has 0 fully saturated rings. The van der Waals surface area contributed by atoms with Gasteiger partial charge in [0.25, 0.3) is 0 Å². The lowest BCUT2D eigenvalue weighted by molar-refractivity contribution is 0.543. The fraction of sp³-hybridized carbons (Fsp3) is 1.00. The number of sulfonamides is 1. The van der Waals surface area contributed by atoms with Crippen molar-refractivity contribution in [2.45, 2.75) is 39.2 Å². The molecule has 0 aromatic carbocycles. The van der Waals surface area contributed by atoms with Crippen molar-refractivity contribution in [3.8, 4) is 0 Å². The van der Waals surface area contributed by atoms with Crippen molar-refractivity contribution >= 4 is 21.6 Å². The van der Waals surface area contributed by atoms with Crippen molar-refractivity contribution in [3.63, 3.8) is 0 Å². The van der Waals surface area contributed by atoms with E-state index < -0.39 is 10.0 Å². The van der Waals surface area contributed by atoms with Crippen LogP contribution in [0.4, 0.5) is 0 Å². The van der Waals surface area contributed by atoms with Crippen molar-refractivity contribution in [1.82, 2.24) is 4.72 Å². The van der Waals surface area contributed by atoms with Gasteiger partial charge in [-0.15, -0.1) is 11.6 Å². The second-order valence-electron chi connectivity index (χ2n) is 3.17. The standard InChI is InChI=1S/C8H18ClNO2S/c1-3-5-8(2)10-13(11,12)7-4-6-9/h8,10H,3-7H2,1-2H3. The molecule has 0 aromatic heterocycles. The summed E-state index contributed by atoms with van der Waals surface area (Å²) < 4.78 is 25.2. The van der Waals surface area contributed by atoms with E-state index in [0.717, 1.165) is 12.8 Å². The van der Waals surface area contributed by atoms with Crippen LogP contribution in [0.3, 0.4) is 0 Å². The van der Waals surface area contributed by atoms with Gasteiger partial charge in [0.1, 0.15) is 0 Å².